The van der Waals surface area contributed by atoms with Crippen LogP contribution in [0.2, 0.25) is 0 Å². The van der Waals surface area contributed by atoms with Gasteiger partial charge in [0.25, 0.3) is 0 Å². The van der Waals surface area contributed by atoms with Crippen molar-refractivity contribution in [2.75, 3.05) is 7.11 Å². The lowest BCUT2D eigenvalue weighted by Gasteiger charge is -2.03. The highest BCUT2D eigenvalue weighted by Crippen LogP contribution is 2.20. The largest absolute Gasteiger partial charge is 0.465 e. The first kappa shape index (κ1) is 15.8. The van der Waals surface area contributed by atoms with Gasteiger partial charge in [0.05, 0.1) is 18.5 Å². The number of benzene rings is 1. The molecule has 5 heteroatoms. The molecule has 1 aromatic heterocycles. The number of halogens is 1. The molecule has 2 aromatic rings. The number of hydrogen-bond donors (Lipinski definition) is 0. The Kier molecular flexibility index (Phi) is 5.17. The lowest BCUT2D eigenvalue weighted by molar-refractivity contribution is 0.0598. The van der Waals surface area contributed by atoms with Gasteiger partial charge in [0, 0.05) is 17.4 Å². The zero-order chi connectivity index (χ0) is 15.4. The first-order valence-corrected chi connectivity index (χ1v) is 7.75. The predicted molar refractivity (Wildman–Crippen MR) is 85.5 cm³/mol. The Bertz CT molecular complexity index is 632. The Labute approximate surface area is 133 Å². The highest BCUT2D eigenvalue weighted by Gasteiger charge is 2.21. The molecule has 4 nitrogen and oxygen atoms in total. The number of aryl methyl sites for hydroxylation is 1. The second-order valence-corrected chi connectivity index (χ2v) is 5.84. The van der Waals surface area contributed by atoms with Crippen molar-refractivity contribution in [1.29, 1.82) is 0 Å². The highest BCUT2D eigenvalue weighted by molar-refractivity contribution is 9.10. The SMILES string of the molecule is CCCn1nc(Cc2ccc(Br)cc2)c(C(=O)OC)c1C. The van der Waals surface area contributed by atoms with Crippen LogP contribution in [0, 0.1) is 6.92 Å². The van der Waals surface area contributed by atoms with Crippen molar-refractivity contribution in [3.05, 3.63) is 51.3 Å². The van der Waals surface area contributed by atoms with Crippen molar-refractivity contribution in [2.24, 2.45) is 0 Å². The third-order valence-electron chi connectivity index (χ3n) is 3.39. The molecule has 0 atom stereocenters. The molecule has 0 radical (unpaired) electrons. The summed E-state index contributed by atoms with van der Waals surface area (Å²) < 4.78 is 7.83. The lowest BCUT2D eigenvalue weighted by atomic mass is 10.1. The molecule has 0 aliphatic heterocycles. The zero-order valence-corrected chi connectivity index (χ0v) is 14.1. The number of methoxy groups -OCH3 is 1. The quantitative estimate of drug-likeness (QED) is 0.771. The first-order chi connectivity index (χ1) is 10.1. The van der Waals surface area contributed by atoms with Crippen molar-refractivity contribution in [3.8, 4) is 0 Å². The molecular formula is C16H19BrN2O2. The molecule has 0 aliphatic carbocycles. The summed E-state index contributed by atoms with van der Waals surface area (Å²) in [5.74, 6) is -0.318. The summed E-state index contributed by atoms with van der Waals surface area (Å²) in [6.07, 6.45) is 1.59. The molecule has 112 valence electrons. The molecule has 0 aliphatic rings. The van der Waals surface area contributed by atoms with Gasteiger partial charge in [0.15, 0.2) is 0 Å². The predicted octanol–water partition coefficient (Wildman–Crippen LogP) is 3.74. The van der Waals surface area contributed by atoms with Crippen LogP contribution >= 0.6 is 15.9 Å². The molecule has 2 rings (SSSR count). The summed E-state index contributed by atoms with van der Waals surface area (Å²) >= 11 is 3.42. The van der Waals surface area contributed by atoms with Crippen molar-refractivity contribution >= 4 is 21.9 Å². The second-order valence-electron chi connectivity index (χ2n) is 4.93. The van der Waals surface area contributed by atoms with Crippen molar-refractivity contribution in [2.45, 2.75) is 33.2 Å². The van der Waals surface area contributed by atoms with Crippen LogP contribution in [0.25, 0.3) is 0 Å². The summed E-state index contributed by atoms with van der Waals surface area (Å²) in [7, 11) is 1.41. The number of carbonyl (C=O) groups excluding carboxylic acids is 1. The number of esters is 1. The van der Waals surface area contributed by atoms with E-state index in [1.54, 1.807) is 0 Å². The maximum atomic E-state index is 12.0. The van der Waals surface area contributed by atoms with E-state index >= 15 is 0 Å². The van der Waals surface area contributed by atoms with Gasteiger partial charge in [0.1, 0.15) is 5.56 Å². The fourth-order valence-corrected chi connectivity index (χ4v) is 2.59. The summed E-state index contributed by atoms with van der Waals surface area (Å²) in [5, 5.41) is 4.59. The van der Waals surface area contributed by atoms with E-state index in [0.717, 1.165) is 34.4 Å². The summed E-state index contributed by atoms with van der Waals surface area (Å²) in [6.45, 7) is 4.81. The Morgan fingerprint density at radius 1 is 1.33 bits per heavy atom. The molecule has 0 saturated heterocycles. The van der Waals surface area contributed by atoms with E-state index in [1.807, 2.05) is 35.9 Å². The van der Waals surface area contributed by atoms with Crippen molar-refractivity contribution in [1.82, 2.24) is 9.78 Å². The van der Waals surface area contributed by atoms with Crippen LogP contribution in [0.4, 0.5) is 0 Å². The van der Waals surface area contributed by atoms with E-state index < -0.39 is 0 Å². The highest BCUT2D eigenvalue weighted by atomic mass is 79.9. The maximum Gasteiger partial charge on any atom is 0.341 e. The van der Waals surface area contributed by atoms with Gasteiger partial charge >= 0.3 is 5.97 Å². The van der Waals surface area contributed by atoms with Gasteiger partial charge in [-0.05, 0) is 31.0 Å². The van der Waals surface area contributed by atoms with Gasteiger partial charge < -0.3 is 4.74 Å². The van der Waals surface area contributed by atoms with Crippen LogP contribution in [0.3, 0.4) is 0 Å². The van der Waals surface area contributed by atoms with Crippen LogP contribution < -0.4 is 0 Å². The Balaban J connectivity index is 2.38. The van der Waals surface area contributed by atoms with E-state index in [2.05, 4.69) is 28.0 Å². The monoisotopic (exact) mass is 350 g/mol. The fraction of sp³-hybridized carbons (Fsp3) is 0.375. The van der Waals surface area contributed by atoms with E-state index in [0.29, 0.717) is 12.0 Å². The Morgan fingerprint density at radius 2 is 2.00 bits per heavy atom. The molecule has 0 bridgehead atoms. The fourth-order valence-electron chi connectivity index (χ4n) is 2.33. The molecule has 0 unspecified atom stereocenters. The first-order valence-electron chi connectivity index (χ1n) is 6.95. The summed E-state index contributed by atoms with van der Waals surface area (Å²) in [4.78, 5) is 12.0. The second kappa shape index (κ2) is 6.89. The van der Waals surface area contributed by atoms with Crippen LogP contribution in [-0.4, -0.2) is 22.9 Å². The van der Waals surface area contributed by atoms with Crippen molar-refractivity contribution in [3.63, 3.8) is 0 Å². The summed E-state index contributed by atoms with van der Waals surface area (Å²) in [6, 6.07) is 8.03. The molecule has 0 fully saturated rings. The standard InChI is InChI=1S/C16H19BrN2O2/c1-4-9-19-11(2)15(16(20)21-3)14(18-19)10-12-5-7-13(17)8-6-12/h5-8H,4,9-10H2,1-3H3. The Morgan fingerprint density at radius 3 is 2.57 bits per heavy atom. The van der Waals surface area contributed by atoms with Gasteiger partial charge in [0.2, 0.25) is 0 Å². The number of ether oxygens (including phenoxy) is 1. The van der Waals surface area contributed by atoms with E-state index in [1.165, 1.54) is 7.11 Å². The molecule has 0 saturated carbocycles. The number of rotatable bonds is 5. The number of hydrogen-bond acceptors (Lipinski definition) is 3. The molecule has 0 amide bonds. The van der Waals surface area contributed by atoms with Crippen LogP contribution in [0.15, 0.2) is 28.7 Å². The molecule has 0 N–H and O–H groups in total. The van der Waals surface area contributed by atoms with Gasteiger partial charge in [-0.1, -0.05) is 35.0 Å². The average Bonchev–Trinajstić information content (AvgIpc) is 2.77. The van der Waals surface area contributed by atoms with Crippen LogP contribution in [0.5, 0.6) is 0 Å². The lowest BCUT2D eigenvalue weighted by Crippen LogP contribution is -2.07. The van der Waals surface area contributed by atoms with E-state index in [-0.39, 0.29) is 5.97 Å². The number of nitrogens with zero attached hydrogens (tertiary/aromatic N) is 2. The number of carbonyl (C=O) groups is 1. The minimum Gasteiger partial charge on any atom is -0.465 e. The average molecular weight is 351 g/mol. The molecule has 1 heterocycles. The van der Waals surface area contributed by atoms with E-state index in [9.17, 15) is 4.79 Å². The van der Waals surface area contributed by atoms with Gasteiger partial charge in [-0.25, -0.2) is 4.79 Å². The molecular weight excluding hydrogens is 332 g/mol. The third-order valence-corrected chi connectivity index (χ3v) is 3.92. The zero-order valence-electron chi connectivity index (χ0n) is 12.5. The minimum absolute atomic E-state index is 0.318. The molecule has 21 heavy (non-hydrogen) atoms. The van der Waals surface area contributed by atoms with Gasteiger partial charge in [-0.15, -0.1) is 0 Å². The van der Waals surface area contributed by atoms with Crippen molar-refractivity contribution < 1.29 is 9.53 Å². The number of aromatic nitrogens is 2. The van der Waals surface area contributed by atoms with E-state index in [4.69, 9.17) is 4.74 Å². The Hall–Kier alpha value is -1.62. The topological polar surface area (TPSA) is 44.1 Å². The maximum absolute atomic E-state index is 12.0. The summed E-state index contributed by atoms with van der Waals surface area (Å²) in [5.41, 5.74) is 3.35. The van der Waals surface area contributed by atoms with Crippen LogP contribution in [-0.2, 0) is 17.7 Å². The molecule has 0 spiro atoms. The normalized spacial score (nSPS) is 10.7. The van der Waals surface area contributed by atoms with Crippen LogP contribution in [0.1, 0.15) is 40.7 Å². The third kappa shape index (κ3) is 3.53. The minimum atomic E-state index is -0.318. The smallest absolute Gasteiger partial charge is 0.341 e. The molecule has 1 aromatic carbocycles. The van der Waals surface area contributed by atoms with Gasteiger partial charge in [-0.3, -0.25) is 4.68 Å². The van der Waals surface area contributed by atoms with Gasteiger partial charge in [-0.2, -0.15) is 5.10 Å².